The van der Waals surface area contributed by atoms with Gasteiger partial charge in [0.15, 0.2) is 5.69 Å². The molecule has 0 radical (unpaired) electrons. The highest BCUT2D eigenvalue weighted by atomic mass is 19.4. The van der Waals surface area contributed by atoms with Gasteiger partial charge in [-0.3, -0.25) is 4.79 Å². The number of carboxylic acid groups (broad SMARTS) is 1. The second-order valence-corrected chi connectivity index (χ2v) is 3.40. The molecule has 0 aliphatic heterocycles. The number of hydrogen-bond donors (Lipinski definition) is 1. The van der Waals surface area contributed by atoms with Gasteiger partial charge in [-0.2, -0.15) is 18.4 Å². The highest BCUT2D eigenvalue weighted by Gasteiger charge is 2.39. The quantitative estimate of drug-likeness (QED) is 0.863. The molecule has 0 bridgehead atoms. The van der Waals surface area contributed by atoms with Gasteiger partial charge in [-0.15, -0.1) is 0 Å². The zero-order chi connectivity index (χ0) is 14.8. The summed E-state index contributed by atoms with van der Waals surface area (Å²) in [5, 5.41) is 17.0. The fraction of sp³-hybridized carbons (Fsp3) is 0.300. The van der Waals surface area contributed by atoms with Gasteiger partial charge in [-0.05, 0) is 6.07 Å². The Hall–Kier alpha value is -2.24. The third kappa shape index (κ3) is 3.37. The van der Waals surface area contributed by atoms with Crippen molar-refractivity contribution in [2.45, 2.75) is 19.0 Å². The van der Waals surface area contributed by atoms with E-state index in [1.54, 1.807) is 0 Å². The van der Waals surface area contributed by atoms with Gasteiger partial charge in [0.1, 0.15) is 0 Å². The summed E-state index contributed by atoms with van der Waals surface area (Å²) in [6, 6.07) is 1.81. The van der Waals surface area contributed by atoms with Crippen molar-refractivity contribution < 1.29 is 31.9 Å². The van der Waals surface area contributed by atoms with Gasteiger partial charge < -0.3 is 5.11 Å². The fourth-order valence-corrected chi connectivity index (χ4v) is 1.38. The molecule has 0 amide bonds. The van der Waals surface area contributed by atoms with E-state index in [2.05, 4.69) is 4.98 Å². The van der Waals surface area contributed by atoms with Crippen LogP contribution in [-0.2, 0) is 17.4 Å². The molecule has 0 fully saturated rings. The summed E-state index contributed by atoms with van der Waals surface area (Å²) in [4.78, 5) is 13.3. The minimum absolute atomic E-state index is 0.610. The Kier molecular flexibility index (Phi) is 4.04. The average molecular weight is 280 g/mol. The number of rotatable bonds is 3. The molecule has 1 aromatic rings. The Balaban J connectivity index is 3.56. The van der Waals surface area contributed by atoms with E-state index in [0.717, 1.165) is 0 Å². The molecule has 0 spiro atoms. The van der Waals surface area contributed by atoms with Crippen LogP contribution in [0.5, 0.6) is 0 Å². The lowest BCUT2D eigenvalue weighted by Gasteiger charge is -2.14. The van der Waals surface area contributed by atoms with Crippen LogP contribution in [0.3, 0.4) is 0 Å². The van der Waals surface area contributed by atoms with Gasteiger partial charge in [0.05, 0.1) is 29.3 Å². The van der Waals surface area contributed by atoms with Crippen LogP contribution in [0.15, 0.2) is 6.07 Å². The van der Waals surface area contributed by atoms with Gasteiger partial charge in [-0.25, -0.2) is 13.8 Å². The lowest BCUT2D eigenvalue weighted by Crippen LogP contribution is -2.17. The molecule has 1 heterocycles. The lowest BCUT2D eigenvalue weighted by atomic mass is 10.0. The molecule has 19 heavy (non-hydrogen) atoms. The number of carboxylic acids is 1. The van der Waals surface area contributed by atoms with Crippen molar-refractivity contribution in [3.8, 4) is 6.07 Å². The Morgan fingerprint density at radius 1 is 1.47 bits per heavy atom. The Labute approximate surface area is 103 Å². The highest BCUT2D eigenvalue weighted by Crippen LogP contribution is 2.37. The molecule has 102 valence electrons. The standard InChI is InChI=1S/C10H5F5N2O2/c11-9(12)7-4(3-16)1-5(2-6(18)19)17-8(7)10(13,14)15/h1,9H,2H2,(H,18,19). The first-order chi connectivity index (χ1) is 8.66. The van der Waals surface area contributed by atoms with Crippen LogP contribution in [0.4, 0.5) is 22.0 Å². The van der Waals surface area contributed by atoms with E-state index in [9.17, 15) is 26.7 Å². The fourth-order valence-electron chi connectivity index (χ4n) is 1.38. The first kappa shape index (κ1) is 14.8. The molecule has 0 saturated carbocycles. The Bertz CT molecular complexity index is 548. The van der Waals surface area contributed by atoms with Crippen LogP contribution in [0.25, 0.3) is 0 Å². The van der Waals surface area contributed by atoms with Gasteiger partial charge >= 0.3 is 12.1 Å². The predicted molar refractivity (Wildman–Crippen MR) is 50.3 cm³/mol. The zero-order valence-electron chi connectivity index (χ0n) is 9.00. The minimum atomic E-state index is -5.20. The topological polar surface area (TPSA) is 74.0 Å². The highest BCUT2D eigenvalue weighted by molar-refractivity contribution is 5.69. The largest absolute Gasteiger partial charge is 0.481 e. The van der Waals surface area contributed by atoms with Crippen molar-refractivity contribution in [3.63, 3.8) is 0 Å². The maximum absolute atomic E-state index is 12.6. The zero-order valence-corrected chi connectivity index (χ0v) is 9.00. The third-order valence-electron chi connectivity index (χ3n) is 2.05. The maximum atomic E-state index is 12.6. The number of hydrogen-bond acceptors (Lipinski definition) is 3. The summed E-state index contributed by atoms with van der Waals surface area (Å²) in [6.07, 6.45) is -9.65. The first-order valence-electron chi connectivity index (χ1n) is 4.68. The first-order valence-corrected chi connectivity index (χ1v) is 4.68. The van der Waals surface area contributed by atoms with Crippen molar-refractivity contribution >= 4 is 5.97 Å². The number of pyridine rings is 1. The lowest BCUT2D eigenvalue weighted by molar-refractivity contribution is -0.144. The van der Waals surface area contributed by atoms with E-state index in [1.807, 2.05) is 0 Å². The molecule has 0 unspecified atom stereocenters. The number of nitrogens with zero attached hydrogens (tertiary/aromatic N) is 2. The molecule has 1 rings (SSSR count). The Morgan fingerprint density at radius 2 is 2.05 bits per heavy atom. The molecule has 4 nitrogen and oxygen atoms in total. The van der Waals surface area contributed by atoms with Crippen LogP contribution in [0.1, 0.15) is 28.9 Å². The van der Waals surface area contributed by atoms with Crippen molar-refractivity contribution in [1.82, 2.24) is 4.98 Å². The third-order valence-corrected chi connectivity index (χ3v) is 2.05. The maximum Gasteiger partial charge on any atom is 0.433 e. The minimum Gasteiger partial charge on any atom is -0.481 e. The smallest absolute Gasteiger partial charge is 0.433 e. The van der Waals surface area contributed by atoms with Crippen LogP contribution in [0.2, 0.25) is 0 Å². The summed E-state index contributed by atoms with van der Waals surface area (Å²) in [5.74, 6) is -1.49. The normalized spacial score (nSPS) is 11.4. The second-order valence-electron chi connectivity index (χ2n) is 3.40. The molecule has 0 atom stereocenters. The molecule has 1 aromatic heterocycles. The van der Waals surface area contributed by atoms with E-state index >= 15 is 0 Å². The summed E-state index contributed by atoms with van der Waals surface area (Å²) in [6.45, 7) is 0. The number of carbonyl (C=O) groups is 1. The van der Waals surface area contributed by atoms with E-state index in [1.165, 1.54) is 6.07 Å². The van der Waals surface area contributed by atoms with Crippen LogP contribution < -0.4 is 0 Å². The number of nitriles is 1. The van der Waals surface area contributed by atoms with Crippen molar-refractivity contribution in [1.29, 1.82) is 5.26 Å². The SMILES string of the molecule is N#Cc1cc(CC(=O)O)nc(C(F)(F)F)c1C(F)F. The van der Waals surface area contributed by atoms with Gasteiger partial charge in [0.25, 0.3) is 6.43 Å². The molecule has 1 N–H and O–H groups in total. The van der Waals surface area contributed by atoms with Crippen molar-refractivity contribution in [2.24, 2.45) is 0 Å². The number of aliphatic carboxylic acids is 1. The summed E-state index contributed by atoms with van der Waals surface area (Å²) >= 11 is 0. The molecule has 0 aliphatic rings. The van der Waals surface area contributed by atoms with Crippen LogP contribution in [-0.4, -0.2) is 16.1 Å². The van der Waals surface area contributed by atoms with Gasteiger partial charge in [0, 0.05) is 0 Å². The summed E-state index contributed by atoms with van der Waals surface area (Å²) < 4.78 is 63.0. The van der Waals surface area contributed by atoms with Crippen molar-refractivity contribution in [2.75, 3.05) is 0 Å². The number of alkyl halides is 5. The molecule has 9 heteroatoms. The monoisotopic (exact) mass is 280 g/mol. The van der Waals surface area contributed by atoms with E-state index in [-0.39, 0.29) is 0 Å². The van der Waals surface area contributed by atoms with Gasteiger partial charge in [0.2, 0.25) is 0 Å². The number of aromatic nitrogens is 1. The molecule has 0 aliphatic carbocycles. The van der Waals surface area contributed by atoms with Gasteiger partial charge in [-0.1, -0.05) is 0 Å². The van der Waals surface area contributed by atoms with E-state index in [0.29, 0.717) is 6.07 Å². The average Bonchev–Trinajstić information content (AvgIpc) is 2.25. The second kappa shape index (κ2) is 5.17. The molecule has 0 aromatic carbocycles. The van der Waals surface area contributed by atoms with E-state index < -0.39 is 47.5 Å². The van der Waals surface area contributed by atoms with E-state index in [4.69, 9.17) is 10.4 Å². The Morgan fingerprint density at radius 3 is 2.42 bits per heavy atom. The predicted octanol–water partition coefficient (Wildman–Crippen LogP) is 2.54. The van der Waals surface area contributed by atoms with Crippen LogP contribution >= 0.6 is 0 Å². The molecule has 0 saturated heterocycles. The summed E-state index contributed by atoms with van der Waals surface area (Å²) in [5.41, 5.74) is -5.02. The van der Waals surface area contributed by atoms with Crippen LogP contribution in [0, 0.1) is 11.3 Å². The molecular weight excluding hydrogens is 275 g/mol. The number of halogens is 5. The summed E-state index contributed by atoms with van der Waals surface area (Å²) in [7, 11) is 0. The van der Waals surface area contributed by atoms with Crippen molar-refractivity contribution in [3.05, 3.63) is 28.6 Å². The molecular formula is C10H5F5N2O2.